The van der Waals surface area contributed by atoms with Gasteiger partial charge in [0.05, 0.1) is 36.4 Å². The number of aromatic nitrogens is 1. The zero-order valence-corrected chi connectivity index (χ0v) is 22.5. The van der Waals surface area contributed by atoms with Crippen LogP contribution in [-0.2, 0) is 16.0 Å². The van der Waals surface area contributed by atoms with Gasteiger partial charge in [0.15, 0.2) is 11.5 Å². The molecule has 5 rings (SSSR count). The summed E-state index contributed by atoms with van der Waals surface area (Å²) in [5.74, 6) is -1.94. The molecule has 10 heteroatoms. The van der Waals surface area contributed by atoms with Crippen LogP contribution in [-0.4, -0.2) is 52.6 Å². The smallest absolute Gasteiger partial charge is 0.295 e. The third kappa shape index (κ3) is 4.56. The quantitative estimate of drug-likeness (QED) is 0.147. The Morgan fingerprint density at radius 3 is 2.41 bits per heavy atom. The molecule has 4 aromatic rings. The van der Waals surface area contributed by atoms with Crippen molar-refractivity contribution in [3.8, 4) is 17.2 Å². The maximum Gasteiger partial charge on any atom is 0.295 e. The van der Waals surface area contributed by atoms with Gasteiger partial charge in [-0.05, 0) is 41.8 Å². The topological polar surface area (TPSA) is 112 Å². The lowest BCUT2D eigenvalue weighted by molar-refractivity contribution is -0.139. The standard InChI is InChI=1S/C29H24Cl2N2O6/c1-38-27-19(13-20(30)28(39-2)23(27)31)25(35)22-24(15-7-9-17(34)10-8-15)33(29(37)26(22)36)12-11-16-14-32-21-6-4-3-5-18(16)21/h3-10,13-14,24,32,34-35H,11-12H2,1-2H3/b25-22+. The molecule has 0 saturated carbocycles. The van der Waals surface area contributed by atoms with Crippen LogP contribution in [0, 0.1) is 0 Å². The van der Waals surface area contributed by atoms with E-state index in [-0.39, 0.29) is 45.0 Å². The van der Waals surface area contributed by atoms with Gasteiger partial charge in [0.25, 0.3) is 11.7 Å². The summed E-state index contributed by atoms with van der Waals surface area (Å²) < 4.78 is 10.7. The Hall–Kier alpha value is -4.14. The van der Waals surface area contributed by atoms with E-state index in [9.17, 15) is 19.8 Å². The van der Waals surface area contributed by atoms with E-state index in [0.29, 0.717) is 12.0 Å². The first-order chi connectivity index (χ1) is 18.8. The van der Waals surface area contributed by atoms with Crippen molar-refractivity contribution in [3.63, 3.8) is 0 Å². The highest BCUT2D eigenvalue weighted by Gasteiger charge is 2.46. The number of aliphatic hydroxyl groups is 1. The van der Waals surface area contributed by atoms with Gasteiger partial charge in [-0.2, -0.15) is 0 Å². The fraction of sp³-hybridized carbons (Fsp3) is 0.172. The van der Waals surface area contributed by atoms with Crippen LogP contribution in [0.15, 0.2) is 66.4 Å². The summed E-state index contributed by atoms with van der Waals surface area (Å²) in [6.07, 6.45) is 2.33. The predicted molar refractivity (Wildman–Crippen MR) is 149 cm³/mol. The number of Topliss-reactive ketones (excluding diaryl/α,β-unsaturated/α-hetero) is 1. The van der Waals surface area contributed by atoms with Crippen LogP contribution in [0.4, 0.5) is 0 Å². The molecule has 2 heterocycles. The highest BCUT2D eigenvalue weighted by molar-refractivity contribution is 6.47. The fourth-order valence-corrected chi connectivity index (χ4v) is 5.67. The minimum absolute atomic E-state index is 0.00352. The zero-order valence-electron chi connectivity index (χ0n) is 21.0. The third-order valence-corrected chi connectivity index (χ3v) is 7.46. The number of carbonyl (C=O) groups excluding carboxylic acids is 2. The van der Waals surface area contributed by atoms with E-state index >= 15 is 0 Å². The number of H-pyrrole nitrogens is 1. The first-order valence-electron chi connectivity index (χ1n) is 12.0. The Balaban J connectivity index is 1.63. The number of aromatic amines is 1. The number of ether oxygens (including phenoxy) is 2. The van der Waals surface area contributed by atoms with Gasteiger partial charge in [-0.1, -0.05) is 53.5 Å². The molecule has 1 atom stereocenters. The molecule has 0 spiro atoms. The first kappa shape index (κ1) is 26.5. The number of aromatic hydroxyl groups is 1. The largest absolute Gasteiger partial charge is 0.508 e. The molecule has 1 fully saturated rings. The number of phenols is 1. The summed E-state index contributed by atoms with van der Waals surface area (Å²) in [7, 11) is 2.73. The number of amides is 1. The van der Waals surface area contributed by atoms with Gasteiger partial charge in [0.1, 0.15) is 16.5 Å². The number of nitrogens with zero attached hydrogens (tertiary/aromatic N) is 1. The highest BCUT2D eigenvalue weighted by atomic mass is 35.5. The number of nitrogens with one attached hydrogen (secondary N) is 1. The SMILES string of the molecule is COc1c(Cl)cc(/C(O)=C2\C(=O)C(=O)N(CCc3c[nH]c4ccccc34)C2c2ccc(O)cc2)c(OC)c1Cl. The summed E-state index contributed by atoms with van der Waals surface area (Å²) in [5, 5.41) is 22.5. The van der Waals surface area contributed by atoms with Gasteiger partial charge in [-0.3, -0.25) is 9.59 Å². The average molecular weight is 567 g/mol. The van der Waals surface area contributed by atoms with Gasteiger partial charge >= 0.3 is 0 Å². The molecule has 0 radical (unpaired) electrons. The second kappa shape index (κ2) is 10.6. The lowest BCUT2D eigenvalue weighted by atomic mass is 9.94. The van der Waals surface area contributed by atoms with E-state index in [1.54, 1.807) is 12.1 Å². The van der Waals surface area contributed by atoms with Crippen LogP contribution >= 0.6 is 23.2 Å². The lowest BCUT2D eigenvalue weighted by Gasteiger charge is -2.25. The molecule has 8 nitrogen and oxygen atoms in total. The van der Waals surface area contributed by atoms with Crippen LogP contribution in [0.25, 0.3) is 16.7 Å². The summed E-state index contributed by atoms with van der Waals surface area (Å²) >= 11 is 12.8. The summed E-state index contributed by atoms with van der Waals surface area (Å²) in [6, 6.07) is 14.3. The number of ketones is 1. The molecule has 1 unspecified atom stereocenters. The van der Waals surface area contributed by atoms with Gasteiger partial charge in [0.2, 0.25) is 0 Å². The molecular formula is C29H24Cl2N2O6. The maximum atomic E-state index is 13.5. The van der Waals surface area contributed by atoms with Crippen LogP contribution in [0.2, 0.25) is 10.0 Å². The maximum absolute atomic E-state index is 13.5. The Kier molecular flexibility index (Phi) is 7.16. The van der Waals surface area contributed by atoms with Crippen molar-refractivity contribution in [2.45, 2.75) is 12.5 Å². The molecule has 1 saturated heterocycles. The molecular weight excluding hydrogens is 543 g/mol. The number of hydrogen-bond donors (Lipinski definition) is 3. The van der Waals surface area contributed by atoms with E-state index in [0.717, 1.165) is 16.5 Å². The Labute approximate surface area is 234 Å². The average Bonchev–Trinajstić information content (AvgIpc) is 3.45. The monoisotopic (exact) mass is 566 g/mol. The molecule has 1 aliphatic heterocycles. The zero-order chi connectivity index (χ0) is 27.8. The van der Waals surface area contributed by atoms with E-state index in [4.69, 9.17) is 32.7 Å². The second-order valence-corrected chi connectivity index (χ2v) is 9.77. The number of likely N-dealkylation sites (tertiary alicyclic amines) is 1. The number of benzene rings is 3. The van der Waals surface area contributed by atoms with Crippen LogP contribution in [0.1, 0.15) is 22.7 Å². The van der Waals surface area contributed by atoms with Crippen LogP contribution in [0.3, 0.4) is 0 Å². The van der Waals surface area contributed by atoms with Gasteiger partial charge in [-0.25, -0.2) is 0 Å². The lowest BCUT2D eigenvalue weighted by Crippen LogP contribution is -2.31. The van der Waals surface area contributed by atoms with Crippen molar-refractivity contribution in [2.75, 3.05) is 20.8 Å². The number of rotatable bonds is 7. The summed E-state index contributed by atoms with van der Waals surface area (Å²) in [5.41, 5.74) is 2.35. The van der Waals surface area contributed by atoms with E-state index in [1.807, 2.05) is 30.5 Å². The fourth-order valence-electron chi connectivity index (χ4n) is 4.98. The van der Waals surface area contributed by atoms with Crippen molar-refractivity contribution in [1.29, 1.82) is 0 Å². The van der Waals surface area contributed by atoms with Crippen molar-refractivity contribution in [3.05, 3.63) is 93.1 Å². The molecule has 1 aromatic heterocycles. The first-order valence-corrected chi connectivity index (χ1v) is 12.7. The van der Waals surface area contributed by atoms with Crippen molar-refractivity contribution in [2.24, 2.45) is 0 Å². The van der Waals surface area contributed by atoms with E-state index < -0.39 is 23.5 Å². The number of fused-ring (bicyclic) bond motifs is 1. The number of para-hydroxylation sites is 1. The molecule has 0 bridgehead atoms. The molecule has 3 aromatic carbocycles. The molecule has 1 aliphatic rings. The predicted octanol–water partition coefficient (Wildman–Crippen LogP) is 5.86. The van der Waals surface area contributed by atoms with Gasteiger partial charge in [0, 0.05) is 23.6 Å². The normalized spacial score (nSPS) is 16.7. The minimum atomic E-state index is -0.944. The number of carbonyl (C=O) groups is 2. The van der Waals surface area contributed by atoms with E-state index in [2.05, 4.69) is 4.98 Å². The Bertz CT molecular complexity index is 1630. The van der Waals surface area contributed by atoms with E-state index in [1.165, 1.54) is 37.3 Å². The molecule has 1 amide bonds. The van der Waals surface area contributed by atoms with Gasteiger partial charge < -0.3 is 29.6 Å². The number of aliphatic hydroxyl groups excluding tert-OH is 1. The minimum Gasteiger partial charge on any atom is -0.508 e. The van der Waals surface area contributed by atoms with Crippen LogP contribution in [0.5, 0.6) is 17.2 Å². The molecule has 200 valence electrons. The summed E-state index contributed by atoms with van der Waals surface area (Å²) in [4.78, 5) is 31.5. The van der Waals surface area contributed by atoms with Crippen molar-refractivity contribution >= 4 is 51.6 Å². The second-order valence-electron chi connectivity index (χ2n) is 8.98. The van der Waals surface area contributed by atoms with Gasteiger partial charge in [-0.15, -0.1) is 0 Å². The molecule has 39 heavy (non-hydrogen) atoms. The number of hydrogen-bond acceptors (Lipinski definition) is 6. The number of methoxy groups -OCH3 is 2. The third-order valence-electron chi connectivity index (χ3n) is 6.84. The molecule has 3 N–H and O–H groups in total. The number of halogens is 2. The highest BCUT2D eigenvalue weighted by Crippen LogP contribution is 2.47. The van der Waals surface area contributed by atoms with Crippen LogP contribution < -0.4 is 9.47 Å². The summed E-state index contributed by atoms with van der Waals surface area (Å²) in [6.45, 7) is 0.190. The Morgan fingerprint density at radius 1 is 1.03 bits per heavy atom. The van der Waals surface area contributed by atoms with Crippen molar-refractivity contribution in [1.82, 2.24) is 9.88 Å². The number of phenolic OH excluding ortho intramolecular Hbond substituents is 1. The Morgan fingerprint density at radius 2 is 1.72 bits per heavy atom. The molecule has 0 aliphatic carbocycles. The van der Waals surface area contributed by atoms with Crippen molar-refractivity contribution < 1.29 is 29.3 Å².